The number of rotatable bonds is 7. The van der Waals surface area contributed by atoms with Crippen molar-refractivity contribution in [2.24, 2.45) is 0 Å². The molecule has 2 fully saturated rings. The highest BCUT2D eigenvalue weighted by atomic mass is 19.4. The molecule has 2 aromatic rings. The zero-order valence-electron chi connectivity index (χ0n) is 24.0. The number of amides is 1. The number of piperidine rings is 1. The zero-order chi connectivity index (χ0) is 29.8. The van der Waals surface area contributed by atoms with Crippen molar-refractivity contribution < 1.29 is 22.9 Å². The predicted octanol–water partition coefficient (Wildman–Crippen LogP) is 5.92. The number of hydrogen-bond donors (Lipinski definition) is 1. The Hall–Kier alpha value is -3.34. The monoisotopic (exact) mass is 575 g/mol. The number of nitro benzene ring substituents is 1. The van der Waals surface area contributed by atoms with E-state index in [-0.39, 0.29) is 23.1 Å². The van der Waals surface area contributed by atoms with Crippen molar-refractivity contribution in [3.63, 3.8) is 0 Å². The first-order valence-corrected chi connectivity index (χ1v) is 14.3. The average Bonchev–Trinajstić information content (AvgIpc) is 3.17. The maximum absolute atomic E-state index is 13.3. The minimum absolute atomic E-state index is 0.0945. The molecule has 2 saturated heterocycles. The first kappa shape index (κ1) is 30.6. The fourth-order valence-electron chi connectivity index (χ4n) is 5.56. The van der Waals surface area contributed by atoms with Crippen LogP contribution in [-0.4, -0.2) is 72.5 Å². The molecule has 2 aromatic carbocycles. The van der Waals surface area contributed by atoms with E-state index in [1.54, 1.807) is 0 Å². The molecule has 0 radical (unpaired) electrons. The molecule has 2 heterocycles. The Labute approximate surface area is 239 Å². The number of anilines is 2. The molecular weight excluding hydrogens is 535 g/mol. The Morgan fingerprint density at radius 1 is 0.976 bits per heavy atom. The maximum atomic E-state index is 13.3. The first-order chi connectivity index (χ1) is 19.3. The lowest BCUT2D eigenvalue weighted by atomic mass is 9.87. The Bertz CT molecular complexity index is 1210. The van der Waals surface area contributed by atoms with Gasteiger partial charge in [0.15, 0.2) is 0 Å². The Balaban J connectivity index is 1.22. The topological polar surface area (TPSA) is 82.0 Å². The second-order valence-electron chi connectivity index (χ2n) is 12.0. The zero-order valence-corrected chi connectivity index (χ0v) is 24.0. The van der Waals surface area contributed by atoms with E-state index >= 15 is 0 Å². The van der Waals surface area contributed by atoms with Crippen molar-refractivity contribution in [3.05, 3.63) is 63.7 Å². The summed E-state index contributed by atoms with van der Waals surface area (Å²) in [6.45, 7) is 12.1. The Morgan fingerprint density at radius 2 is 1.66 bits per heavy atom. The standard InChI is InChI=1S/C30H40F3N5O3/c1-29(2,3)22-5-8-25(9-6-22)36-15-4-14-35(19-20-36)16-13-28(39)37-17-11-23(12-18-37)34-24-7-10-27(38(40)41)26(21-24)30(31,32)33/h5-10,21,23,34H,4,11-20H2,1-3H3. The lowest BCUT2D eigenvalue weighted by Crippen LogP contribution is -2.43. The second kappa shape index (κ2) is 12.7. The number of alkyl halides is 3. The van der Waals surface area contributed by atoms with Gasteiger partial charge in [0.05, 0.1) is 4.92 Å². The number of nitro groups is 1. The van der Waals surface area contributed by atoms with Gasteiger partial charge in [-0.05, 0) is 61.1 Å². The van der Waals surface area contributed by atoms with Crippen molar-refractivity contribution in [1.29, 1.82) is 0 Å². The number of carbonyl (C=O) groups is 1. The van der Waals surface area contributed by atoms with Crippen LogP contribution in [0, 0.1) is 10.1 Å². The molecule has 0 saturated carbocycles. The highest BCUT2D eigenvalue weighted by Gasteiger charge is 2.38. The molecule has 224 valence electrons. The van der Waals surface area contributed by atoms with Crippen LogP contribution < -0.4 is 10.2 Å². The lowest BCUT2D eigenvalue weighted by Gasteiger charge is -2.33. The number of carbonyl (C=O) groups excluding carboxylic acids is 1. The van der Waals surface area contributed by atoms with Crippen LogP contribution in [0.3, 0.4) is 0 Å². The summed E-state index contributed by atoms with van der Waals surface area (Å²) in [4.78, 5) is 29.5. The number of benzene rings is 2. The van der Waals surface area contributed by atoms with Gasteiger partial charge in [0.2, 0.25) is 5.91 Å². The Morgan fingerprint density at radius 3 is 2.27 bits per heavy atom. The smallest absolute Gasteiger partial charge is 0.382 e. The summed E-state index contributed by atoms with van der Waals surface area (Å²) >= 11 is 0. The van der Waals surface area contributed by atoms with Gasteiger partial charge in [0.1, 0.15) is 5.56 Å². The molecular formula is C30H40F3N5O3. The fourth-order valence-corrected chi connectivity index (χ4v) is 5.56. The molecule has 0 bridgehead atoms. The van der Waals surface area contributed by atoms with Crippen LogP contribution in [0.4, 0.5) is 30.2 Å². The molecule has 11 heteroatoms. The number of halogens is 3. The van der Waals surface area contributed by atoms with Gasteiger partial charge in [0, 0.05) is 69.2 Å². The molecule has 1 amide bonds. The third kappa shape index (κ3) is 8.12. The first-order valence-electron chi connectivity index (χ1n) is 14.3. The molecule has 4 rings (SSSR count). The van der Waals surface area contributed by atoms with Crippen LogP contribution in [0.1, 0.15) is 57.6 Å². The molecule has 0 atom stereocenters. The van der Waals surface area contributed by atoms with Gasteiger partial charge in [-0.15, -0.1) is 0 Å². The Kier molecular flexibility index (Phi) is 9.46. The summed E-state index contributed by atoms with van der Waals surface area (Å²) in [5, 5.41) is 14.1. The highest BCUT2D eigenvalue weighted by Crippen LogP contribution is 2.38. The van der Waals surface area contributed by atoms with E-state index in [1.807, 2.05) is 4.90 Å². The maximum Gasteiger partial charge on any atom is 0.423 e. The van der Waals surface area contributed by atoms with E-state index in [2.05, 4.69) is 60.2 Å². The van der Waals surface area contributed by atoms with Crippen LogP contribution in [0.2, 0.25) is 0 Å². The van der Waals surface area contributed by atoms with Crippen LogP contribution in [-0.2, 0) is 16.4 Å². The summed E-state index contributed by atoms with van der Waals surface area (Å²) < 4.78 is 39.9. The molecule has 2 aliphatic heterocycles. The third-order valence-electron chi connectivity index (χ3n) is 8.05. The van der Waals surface area contributed by atoms with Crippen molar-refractivity contribution in [1.82, 2.24) is 9.80 Å². The van der Waals surface area contributed by atoms with Crippen LogP contribution in [0.5, 0.6) is 0 Å². The molecule has 0 aromatic heterocycles. The van der Waals surface area contributed by atoms with Gasteiger partial charge < -0.3 is 20.0 Å². The van der Waals surface area contributed by atoms with Crippen LogP contribution >= 0.6 is 0 Å². The van der Waals surface area contributed by atoms with E-state index in [4.69, 9.17) is 0 Å². The number of nitrogens with one attached hydrogen (secondary N) is 1. The van der Waals surface area contributed by atoms with Crippen molar-refractivity contribution >= 4 is 23.0 Å². The summed E-state index contributed by atoms with van der Waals surface area (Å²) in [6, 6.07) is 11.7. The van der Waals surface area contributed by atoms with Gasteiger partial charge in [0.25, 0.3) is 5.69 Å². The van der Waals surface area contributed by atoms with Crippen LogP contribution in [0.15, 0.2) is 42.5 Å². The summed E-state index contributed by atoms with van der Waals surface area (Å²) in [5.41, 5.74) is 0.632. The average molecular weight is 576 g/mol. The molecule has 0 aliphatic carbocycles. The quantitative estimate of drug-likeness (QED) is 0.326. The van der Waals surface area contributed by atoms with E-state index < -0.39 is 22.4 Å². The molecule has 0 unspecified atom stereocenters. The fraction of sp³-hybridized carbons (Fsp3) is 0.567. The molecule has 41 heavy (non-hydrogen) atoms. The molecule has 2 aliphatic rings. The number of hydrogen-bond acceptors (Lipinski definition) is 6. The van der Waals surface area contributed by atoms with Gasteiger partial charge in [-0.1, -0.05) is 32.9 Å². The minimum atomic E-state index is -4.82. The van der Waals surface area contributed by atoms with E-state index in [0.717, 1.165) is 44.7 Å². The summed E-state index contributed by atoms with van der Waals surface area (Å²) in [6.07, 6.45) is -2.16. The van der Waals surface area contributed by atoms with Crippen molar-refractivity contribution in [2.45, 2.75) is 64.1 Å². The third-order valence-corrected chi connectivity index (χ3v) is 8.05. The van der Waals surface area contributed by atoms with Crippen molar-refractivity contribution in [2.75, 3.05) is 56.0 Å². The van der Waals surface area contributed by atoms with Crippen LogP contribution in [0.25, 0.3) is 0 Å². The summed E-state index contributed by atoms with van der Waals surface area (Å²) in [5.74, 6) is 0.0945. The molecule has 1 N–H and O–H groups in total. The van der Waals surface area contributed by atoms with Gasteiger partial charge >= 0.3 is 6.18 Å². The highest BCUT2D eigenvalue weighted by molar-refractivity contribution is 5.76. The van der Waals surface area contributed by atoms with Gasteiger partial charge in [-0.2, -0.15) is 13.2 Å². The molecule has 0 spiro atoms. The lowest BCUT2D eigenvalue weighted by molar-refractivity contribution is -0.388. The van der Waals surface area contributed by atoms with Gasteiger partial charge in [-0.3, -0.25) is 14.9 Å². The predicted molar refractivity (Wildman–Crippen MR) is 154 cm³/mol. The number of likely N-dealkylation sites (tertiary alicyclic amines) is 1. The summed E-state index contributed by atoms with van der Waals surface area (Å²) in [7, 11) is 0. The SMILES string of the molecule is CC(C)(C)c1ccc(N2CCCN(CCC(=O)N3CCC(Nc4ccc([N+](=O)[O-])c(C(F)(F)F)c4)CC3)CC2)cc1. The van der Waals surface area contributed by atoms with E-state index in [0.29, 0.717) is 38.9 Å². The molecule has 8 nitrogen and oxygen atoms in total. The van der Waals surface area contributed by atoms with Gasteiger partial charge in [-0.25, -0.2) is 0 Å². The second-order valence-corrected chi connectivity index (χ2v) is 12.0. The van der Waals surface area contributed by atoms with E-state index in [1.165, 1.54) is 17.3 Å². The van der Waals surface area contributed by atoms with Crippen molar-refractivity contribution in [3.8, 4) is 0 Å². The minimum Gasteiger partial charge on any atom is -0.382 e. The van der Waals surface area contributed by atoms with E-state index in [9.17, 15) is 28.1 Å². The normalized spacial score (nSPS) is 17.8. The largest absolute Gasteiger partial charge is 0.423 e. The number of nitrogens with zero attached hydrogens (tertiary/aromatic N) is 4.